The topological polar surface area (TPSA) is 91.7 Å². The van der Waals surface area contributed by atoms with E-state index in [4.69, 9.17) is 5.11 Å². The van der Waals surface area contributed by atoms with Gasteiger partial charge in [0.05, 0.1) is 11.8 Å². The molecule has 2 N–H and O–H groups in total. The summed E-state index contributed by atoms with van der Waals surface area (Å²) in [5.74, 6) is -1.38. The van der Waals surface area contributed by atoms with Crippen LogP contribution in [0.25, 0.3) is 10.6 Å². The number of carbonyl (C=O) groups excluding carboxylic acids is 1. The van der Waals surface area contributed by atoms with Crippen LogP contribution in [-0.2, 0) is 0 Å². The van der Waals surface area contributed by atoms with Crippen molar-refractivity contribution in [2.75, 3.05) is 0 Å². The number of hydrogen-bond donors (Lipinski definition) is 2. The summed E-state index contributed by atoms with van der Waals surface area (Å²) in [5.41, 5.74) is 4.62. The third-order valence-corrected chi connectivity index (χ3v) is 4.59. The van der Waals surface area contributed by atoms with Gasteiger partial charge in [-0.2, -0.15) is 5.10 Å². The molecular weight excluding hydrogens is 350 g/mol. The summed E-state index contributed by atoms with van der Waals surface area (Å²) in [6, 6.07) is 15.8. The number of thiazole rings is 1. The van der Waals surface area contributed by atoms with Gasteiger partial charge >= 0.3 is 5.97 Å². The molecule has 3 aromatic rings. The SMILES string of the molecule is Cc1sc(-c2ccccc2)nc1C(=O)N/N=C\c1ccc(C(=O)O)cc1. The average molecular weight is 365 g/mol. The van der Waals surface area contributed by atoms with Crippen molar-refractivity contribution in [3.05, 3.63) is 76.3 Å². The molecule has 1 heterocycles. The van der Waals surface area contributed by atoms with Crippen LogP contribution in [-0.4, -0.2) is 28.2 Å². The van der Waals surface area contributed by atoms with Gasteiger partial charge in [-0.25, -0.2) is 15.2 Å². The number of benzene rings is 2. The Hall–Kier alpha value is -3.32. The Kier molecular flexibility index (Phi) is 5.19. The van der Waals surface area contributed by atoms with Gasteiger partial charge in [-0.3, -0.25) is 4.79 Å². The molecule has 1 amide bonds. The molecule has 7 heteroatoms. The van der Waals surface area contributed by atoms with Crippen LogP contribution in [0, 0.1) is 6.92 Å². The van der Waals surface area contributed by atoms with Crippen LogP contribution in [0.4, 0.5) is 0 Å². The lowest BCUT2D eigenvalue weighted by Crippen LogP contribution is -2.18. The lowest BCUT2D eigenvalue weighted by Gasteiger charge is -1.98. The first-order valence-corrected chi connectivity index (χ1v) is 8.56. The van der Waals surface area contributed by atoms with Crippen molar-refractivity contribution in [1.29, 1.82) is 0 Å². The average Bonchev–Trinajstić information content (AvgIpc) is 3.05. The molecule has 3 rings (SSSR count). The van der Waals surface area contributed by atoms with Crippen molar-refractivity contribution in [2.45, 2.75) is 6.92 Å². The molecule has 0 aliphatic carbocycles. The molecule has 26 heavy (non-hydrogen) atoms. The van der Waals surface area contributed by atoms with Gasteiger partial charge in [0.15, 0.2) is 0 Å². The molecule has 0 unspecified atom stereocenters. The quantitative estimate of drug-likeness (QED) is 0.534. The molecule has 0 fully saturated rings. The second-order valence-corrected chi connectivity index (χ2v) is 6.62. The monoisotopic (exact) mass is 365 g/mol. The van der Waals surface area contributed by atoms with Gasteiger partial charge in [-0.05, 0) is 24.6 Å². The number of aromatic carboxylic acids is 1. The fourth-order valence-electron chi connectivity index (χ4n) is 2.24. The molecule has 6 nitrogen and oxygen atoms in total. The molecule has 0 aliphatic heterocycles. The van der Waals surface area contributed by atoms with Gasteiger partial charge in [-0.1, -0.05) is 42.5 Å². The van der Waals surface area contributed by atoms with E-state index in [1.807, 2.05) is 37.3 Å². The number of carboxylic acid groups (broad SMARTS) is 1. The first kappa shape index (κ1) is 17.5. The Balaban J connectivity index is 1.68. The lowest BCUT2D eigenvalue weighted by molar-refractivity contribution is 0.0696. The summed E-state index contributed by atoms with van der Waals surface area (Å²) in [5, 5.41) is 13.6. The van der Waals surface area contributed by atoms with E-state index in [1.54, 1.807) is 12.1 Å². The van der Waals surface area contributed by atoms with Gasteiger partial charge in [0.25, 0.3) is 5.91 Å². The van der Waals surface area contributed by atoms with E-state index in [0.29, 0.717) is 11.3 Å². The molecule has 2 aromatic carbocycles. The largest absolute Gasteiger partial charge is 0.478 e. The van der Waals surface area contributed by atoms with Crippen LogP contribution in [0.15, 0.2) is 59.7 Å². The van der Waals surface area contributed by atoms with Crippen molar-refractivity contribution in [1.82, 2.24) is 10.4 Å². The highest BCUT2D eigenvalue weighted by atomic mass is 32.1. The van der Waals surface area contributed by atoms with Crippen LogP contribution >= 0.6 is 11.3 Å². The van der Waals surface area contributed by atoms with E-state index in [2.05, 4.69) is 15.5 Å². The number of hydrazone groups is 1. The summed E-state index contributed by atoms with van der Waals surface area (Å²) in [6.45, 7) is 1.84. The second kappa shape index (κ2) is 7.71. The summed E-state index contributed by atoms with van der Waals surface area (Å²) in [6.07, 6.45) is 1.45. The highest BCUT2D eigenvalue weighted by molar-refractivity contribution is 7.15. The molecule has 0 aliphatic rings. The third-order valence-electron chi connectivity index (χ3n) is 3.57. The third kappa shape index (κ3) is 4.01. The van der Waals surface area contributed by atoms with Crippen molar-refractivity contribution in [3.8, 4) is 10.6 Å². The Morgan fingerprint density at radius 1 is 1.12 bits per heavy atom. The number of nitrogens with zero attached hydrogens (tertiary/aromatic N) is 2. The summed E-state index contributed by atoms with van der Waals surface area (Å²) in [7, 11) is 0. The van der Waals surface area contributed by atoms with Gasteiger partial charge in [0.1, 0.15) is 10.7 Å². The number of carboxylic acids is 1. The molecule has 130 valence electrons. The van der Waals surface area contributed by atoms with Gasteiger partial charge < -0.3 is 5.11 Å². The van der Waals surface area contributed by atoms with Gasteiger partial charge in [-0.15, -0.1) is 11.3 Å². The van der Waals surface area contributed by atoms with Crippen LogP contribution < -0.4 is 5.43 Å². The Bertz CT molecular complexity index is 963. The summed E-state index contributed by atoms with van der Waals surface area (Å²) in [4.78, 5) is 28.3. The standard InChI is InChI=1S/C19H15N3O3S/c1-12-16(21-18(26-12)14-5-3-2-4-6-14)17(23)22-20-11-13-7-9-15(10-8-13)19(24)25/h2-11H,1H3,(H,22,23)(H,24,25)/b20-11-. The van der Waals surface area contributed by atoms with Crippen molar-refractivity contribution in [3.63, 3.8) is 0 Å². The smallest absolute Gasteiger partial charge is 0.335 e. The maximum atomic E-state index is 12.3. The van der Waals surface area contributed by atoms with Crippen LogP contribution in [0.2, 0.25) is 0 Å². The van der Waals surface area contributed by atoms with E-state index < -0.39 is 5.97 Å². The normalized spacial score (nSPS) is 10.8. The fourth-order valence-corrected chi connectivity index (χ4v) is 3.16. The second-order valence-electron chi connectivity index (χ2n) is 5.42. The van der Waals surface area contributed by atoms with E-state index in [1.165, 1.54) is 29.7 Å². The number of rotatable bonds is 5. The van der Waals surface area contributed by atoms with Crippen LogP contribution in [0.1, 0.15) is 31.3 Å². The Labute approximate surface area is 153 Å². The lowest BCUT2D eigenvalue weighted by atomic mass is 10.1. The number of hydrogen-bond acceptors (Lipinski definition) is 5. The molecule has 0 spiro atoms. The Morgan fingerprint density at radius 2 is 1.81 bits per heavy atom. The zero-order valence-electron chi connectivity index (χ0n) is 13.8. The first-order valence-electron chi connectivity index (χ1n) is 7.74. The number of aryl methyl sites for hydroxylation is 1. The molecule has 0 saturated carbocycles. The molecule has 0 radical (unpaired) electrons. The molecule has 1 aromatic heterocycles. The van der Waals surface area contributed by atoms with Crippen molar-refractivity contribution >= 4 is 29.4 Å². The first-order chi connectivity index (χ1) is 12.5. The summed E-state index contributed by atoms with van der Waals surface area (Å²) < 4.78 is 0. The zero-order valence-corrected chi connectivity index (χ0v) is 14.7. The minimum absolute atomic E-state index is 0.192. The zero-order chi connectivity index (χ0) is 18.5. The van der Waals surface area contributed by atoms with E-state index in [9.17, 15) is 9.59 Å². The number of aromatic nitrogens is 1. The number of amides is 1. The predicted octanol–water partition coefficient (Wildman–Crippen LogP) is 3.58. The van der Waals surface area contributed by atoms with E-state index in [0.717, 1.165) is 15.4 Å². The molecule has 0 bridgehead atoms. The summed E-state index contributed by atoms with van der Waals surface area (Å²) >= 11 is 1.45. The molecule has 0 saturated heterocycles. The molecular formula is C19H15N3O3S. The fraction of sp³-hybridized carbons (Fsp3) is 0.0526. The predicted molar refractivity (Wildman–Crippen MR) is 101 cm³/mol. The number of nitrogens with one attached hydrogen (secondary N) is 1. The minimum Gasteiger partial charge on any atom is -0.478 e. The van der Waals surface area contributed by atoms with Crippen molar-refractivity contribution < 1.29 is 14.7 Å². The van der Waals surface area contributed by atoms with Gasteiger partial charge in [0, 0.05) is 10.4 Å². The molecule has 0 atom stereocenters. The van der Waals surface area contributed by atoms with E-state index >= 15 is 0 Å². The van der Waals surface area contributed by atoms with Gasteiger partial charge in [0.2, 0.25) is 0 Å². The Morgan fingerprint density at radius 3 is 2.46 bits per heavy atom. The number of carbonyl (C=O) groups is 2. The van der Waals surface area contributed by atoms with Crippen LogP contribution in [0.3, 0.4) is 0 Å². The van der Waals surface area contributed by atoms with E-state index in [-0.39, 0.29) is 11.5 Å². The maximum absolute atomic E-state index is 12.3. The van der Waals surface area contributed by atoms with Crippen LogP contribution in [0.5, 0.6) is 0 Å². The maximum Gasteiger partial charge on any atom is 0.335 e. The highest BCUT2D eigenvalue weighted by Gasteiger charge is 2.15. The van der Waals surface area contributed by atoms with Crippen molar-refractivity contribution in [2.24, 2.45) is 5.10 Å². The highest BCUT2D eigenvalue weighted by Crippen LogP contribution is 2.27. The minimum atomic E-state index is -0.991.